The van der Waals surface area contributed by atoms with Crippen molar-refractivity contribution in [1.82, 2.24) is 20.2 Å². The highest BCUT2D eigenvalue weighted by Crippen LogP contribution is 2.06. The van der Waals surface area contributed by atoms with Gasteiger partial charge in [-0.3, -0.25) is 4.98 Å². The van der Waals surface area contributed by atoms with Gasteiger partial charge in [0.15, 0.2) is 0 Å². The van der Waals surface area contributed by atoms with E-state index in [-0.39, 0.29) is 0 Å². The SMILES string of the molecule is Cc1cccnc1CNc1nnc(C)c(C)n1. The van der Waals surface area contributed by atoms with Crippen LogP contribution in [0.25, 0.3) is 0 Å². The van der Waals surface area contributed by atoms with E-state index in [1.807, 2.05) is 32.9 Å². The van der Waals surface area contributed by atoms with E-state index in [9.17, 15) is 0 Å². The maximum Gasteiger partial charge on any atom is 0.243 e. The van der Waals surface area contributed by atoms with Crippen molar-refractivity contribution in [2.24, 2.45) is 0 Å². The molecule has 0 atom stereocenters. The summed E-state index contributed by atoms with van der Waals surface area (Å²) in [5.74, 6) is 0.540. The van der Waals surface area contributed by atoms with Crippen LogP contribution in [0.1, 0.15) is 22.6 Å². The monoisotopic (exact) mass is 229 g/mol. The lowest BCUT2D eigenvalue weighted by atomic mass is 10.2. The largest absolute Gasteiger partial charge is 0.347 e. The molecule has 88 valence electrons. The van der Waals surface area contributed by atoms with E-state index in [4.69, 9.17) is 0 Å². The van der Waals surface area contributed by atoms with E-state index in [2.05, 4.69) is 25.5 Å². The second kappa shape index (κ2) is 4.86. The van der Waals surface area contributed by atoms with Crippen LogP contribution in [0.2, 0.25) is 0 Å². The molecule has 0 aromatic carbocycles. The van der Waals surface area contributed by atoms with E-state index < -0.39 is 0 Å². The van der Waals surface area contributed by atoms with Crippen molar-refractivity contribution in [3.63, 3.8) is 0 Å². The molecule has 0 aliphatic carbocycles. The van der Waals surface area contributed by atoms with Crippen molar-refractivity contribution in [3.8, 4) is 0 Å². The van der Waals surface area contributed by atoms with E-state index in [0.29, 0.717) is 12.5 Å². The zero-order valence-electron chi connectivity index (χ0n) is 10.2. The quantitative estimate of drug-likeness (QED) is 0.869. The van der Waals surface area contributed by atoms with Crippen molar-refractivity contribution in [2.45, 2.75) is 27.3 Å². The van der Waals surface area contributed by atoms with Crippen LogP contribution in [0.3, 0.4) is 0 Å². The summed E-state index contributed by atoms with van der Waals surface area (Å²) in [6, 6.07) is 3.95. The predicted molar refractivity (Wildman–Crippen MR) is 65.6 cm³/mol. The number of aromatic nitrogens is 4. The zero-order chi connectivity index (χ0) is 12.3. The Labute approximate surface area is 100 Å². The molecule has 2 heterocycles. The van der Waals surface area contributed by atoms with Gasteiger partial charge in [-0.15, -0.1) is 5.10 Å². The first-order valence-corrected chi connectivity index (χ1v) is 5.49. The van der Waals surface area contributed by atoms with Crippen LogP contribution in [-0.2, 0) is 6.54 Å². The first-order chi connectivity index (χ1) is 8.16. The lowest BCUT2D eigenvalue weighted by molar-refractivity contribution is 0.877. The molecule has 0 saturated carbocycles. The summed E-state index contributed by atoms with van der Waals surface area (Å²) >= 11 is 0. The average Bonchev–Trinajstić information content (AvgIpc) is 2.32. The van der Waals surface area contributed by atoms with E-state index in [1.54, 1.807) is 6.20 Å². The summed E-state index contributed by atoms with van der Waals surface area (Å²) in [4.78, 5) is 8.60. The first-order valence-electron chi connectivity index (χ1n) is 5.49. The van der Waals surface area contributed by atoms with Gasteiger partial charge in [0.2, 0.25) is 5.95 Å². The van der Waals surface area contributed by atoms with Gasteiger partial charge in [-0.05, 0) is 32.4 Å². The third-order valence-corrected chi connectivity index (χ3v) is 2.62. The number of pyridine rings is 1. The molecule has 5 nitrogen and oxygen atoms in total. The number of nitrogens with zero attached hydrogens (tertiary/aromatic N) is 4. The maximum atomic E-state index is 4.30. The maximum absolute atomic E-state index is 4.30. The third-order valence-electron chi connectivity index (χ3n) is 2.62. The number of nitrogens with one attached hydrogen (secondary N) is 1. The molecule has 0 unspecified atom stereocenters. The van der Waals surface area contributed by atoms with Crippen LogP contribution in [-0.4, -0.2) is 20.2 Å². The van der Waals surface area contributed by atoms with Gasteiger partial charge in [0.25, 0.3) is 0 Å². The Morgan fingerprint density at radius 1 is 1.12 bits per heavy atom. The van der Waals surface area contributed by atoms with Crippen molar-refractivity contribution in [1.29, 1.82) is 0 Å². The fourth-order valence-corrected chi connectivity index (χ4v) is 1.40. The molecule has 2 aromatic heterocycles. The van der Waals surface area contributed by atoms with Gasteiger partial charge in [-0.25, -0.2) is 4.98 Å². The third kappa shape index (κ3) is 2.75. The van der Waals surface area contributed by atoms with Crippen molar-refractivity contribution < 1.29 is 0 Å². The van der Waals surface area contributed by atoms with Crippen LogP contribution in [0.15, 0.2) is 18.3 Å². The minimum atomic E-state index is 0.540. The summed E-state index contributed by atoms with van der Waals surface area (Å²) in [6.45, 7) is 6.45. The summed E-state index contributed by atoms with van der Waals surface area (Å²) in [7, 11) is 0. The molecule has 0 spiro atoms. The molecule has 0 amide bonds. The Bertz CT molecular complexity index is 524. The summed E-state index contributed by atoms with van der Waals surface area (Å²) < 4.78 is 0. The fourth-order valence-electron chi connectivity index (χ4n) is 1.40. The second-order valence-corrected chi connectivity index (χ2v) is 3.93. The van der Waals surface area contributed by atoms with E-state index >= 15 is 0 Å². The number of hydrogen-bond donors (Lipinski definition) is 1. The van der Waals surface area contributed by atoms with Crippen LogP contribution >= 0.6 is 0 Å². The molecule has 2 rings (SSSR count). The lowest BCUT2D eigenvalue weighted by Gasteiger charge is -2.06. The van der Waals surface area contributed by atoms with Crippen LogP contribution in [0.5, 0.6) is 0 Å². The molecule has 5 heteroatoms. The Morgan fingerprint density at radius 3 is 2.65 bits per heavy atom. The van der Waals surface area contributed by atoms with Gasteiger partial charge >= 0.3 is 0 Å². The highest BCUT2D eigenvalue weighted by molar-refractivity contribution is 5.28. The fraction of sp³-hybridized carbons (Fsp3) is 0.333. The lowest BCUT2D eigenvalue weighted by Crippen LogP contribution is -2.08. The first kappa shape index (κ1) is 11.4. The van der Waals surface area contributed by atoms with Gasteiger partial charge in [0.1, 0.15) is 0 Å². The Kier molecular flexibility index (Phi) is 3.27. The average molecular weight is 229 g/mol. The predicted octanol–water partition coefficient (Wildman–Crippen LogP) is 1.80. The zero-order valence-corrected chi connectivity index (χ0v) is 10.2. The number of anilines is 1. The van der Waals surface area contributed by atoms with Gasteiger partial charge in [0.05, 0.1) is 23.6 Å². The van der Waals surface area contributed by atoms with Crippen molar-refractivity contribution in [3.05, 3.63) is 41.0 Å². The Morgan fingerprint density at radius 2 is 1.94 bits per heavy atom. The minimum Gasteiger partial charge on any atom is -0.347 e. The van der Waals surface area contributed by atoms with E-state index in [1.165, 1.54) is 0 Å². The topological polar surface area (TPSA) is 63.6 Å². The van der Waals surface area contributed by atoms with Crippen molar-refractivity contribution >= 4 is 5.95 Å². The van der Waals surface area contributed by atoms with Gasteiger partial charge in [-0.2, -0.15) is 5.10 Å². The standard InChI is InChI=1S/C12H15N5/c1-8-5-4-6-13-11(8)7-14-12-15-9(2)10(3)16-17-12/h4-6H,7H2,1-3H3,(H,14,15,17). The summed E-state index contributed by atoms with van der Waals surface area (Å²) in [5.41, 5.74) is 3.89. The van der Waals surface area contributed by atoms with Gasteiger partial charge < -0.3 is 5.32 Å². The van der Waals surface area contributed by atoms with Crippen LogP contribution in [0.4, 0.5) is 5.95 Å². The Hall–Kier alpha value is -2.04. The summed E-state index contributed by atoms with van der Waals surface area (Å²) in [5, 5.41) is 11.1. The van der Waals surface area contributed by atoms with Crippen molar-refractivity contribution in [2.75, 3.05) is 5.32 Å². The normalized spacial score (nSPS) is 10.3. The smallest absolute Gasteiger partial charge is 0.243 e. The molecule has 0 fully saturated rings. The molecular weight excluding hydrogens is 214 g/mol. The summed E-state index contributed by atoms with van der Waals surface area (Å²) in [6.07, 6.45) is 1.78. The molecule has 0 bridgehead atoms. The molecule has 2 aromatic rings. The van der Waals surface area contributed by atoms with E-state index in [0.717, 1.165) is 22.6 Å². The van der Waals surface area contributed by atoms with Gasteiger partial charge in [0, 0.05) is 6.20 Å². The van der Waals surface area contributed by atoms with Crippen LogP contribution < -0.4 is 5.32 Å². The number of rotatable bonds is 3. The Balaban J connectivity index is 2.08. The van der Waals surface area contributed by atoms with Gasteiger partial charge in [-0.1, -0.05) is 6.07 Å². The minimum absolute atomic E-state index is 0.540. The molecule has 0 aliphatic heterocycles. The molecule has 0 radical (unpaired) electrons. The second-order valence-electron chi connectivity index (χ2n) is 3.93. The molecule has 0 aliphatic rings. The highest BCUT2D eigenvalue weighted by atomic mass is 15.2. The highest BCUT2D eigenvalue weighted by Gasteiger charge is 2.03. The number of hydrogen-bond acceptors (Lipinski definition) is 5. The molecular formula is C12H15N5. The molecule has 17 heavy (non-hydrogen) atoms. The van der Waals surface area contributed by atoms with Crippen LogP contribution in [0, 0.1) is 20.8 Å². The number of aryl methyl sites for hydroxylation is 3. The molecule has 1 N–H and O–H groups in total. The molecule has 0 saturated heterocycles.